The predicted octanol–water partition coefficient (Wildman–Crippen LogP) is 3.33. The first-order chi connectivity index (χ1) is 13.5. The predicted molar refractivity (Wildman–Crippen MR) is 105 cm³/mol. The lowest BCUT2D eigenvalue weighted by Gasteiger charge is -2.30. The number of methoxy groups -OCH3 is 1. The van der Waals surface area contributed by atoms with E-state index in [2.05, 4.69) is 26.6 Å². The van der Waals surface area contributed by atoms with E-state index in [1.807, 2.05) is 13.0 Å². The second-order valence-corrected chi connectivity index (χ2v) is 6.73. The van der Waals surface area contributed by atoms with E-state index < -0.39 is 18.0 Å². The number of nitrogens with one attached hydrogen (secondary N) is 2. The topological polar surface area (TPSA) is 110 Å². The molecule has 8 nitrogen and oxygen atoms in total. The number of esters is 1. The zero-order chi connectivity index (χ0) is 20.7. The number of benzene rings is 1. The molecule has 1 aromatic rings. The van der Waals surface area contributed by atoms with Gasteiger partial charge in [-0.2, -0.15) is 5.26 Å². The van der Waals surface area contributed by atoms with E-state index in [0.717, 1.165) is 6.42 Å². The summed E-state index contributed by atoms with van der Waals surface area (Å²) < 4.78 is 16.5. The van der Waals surface area contributed by atoms with Crippen molar-refractivity contribution in [1.29, 1.82) is 5.26 Å². The number of rotatable bonds is 8. The maximum Gasteiger partial charge on any atom is 0.338 e. The lowest BCUT2D eigenvalue weighted by molar-refractivity contribution is -0.139. The van der Waals surface area contributed by atoms with E-state index in [9.17, 15) is 9.59 Å². The van der Waals surface area contributed by atoms with Gasteiger partial charge >= 0.3 is 12.0 Å². The Bertz CT molecular complexity index is 832. The number of hydrogen-bond acceptors (Lipinski definition) is 6. The van der Waals surface area contributed by atoms with Crippen LogP contribution in [0.5, 0.6) is 11.5 Å². The molecule has 0 saturated carbocycles. The summed E-state index contributed by atoms with van der Waals surface area (Å²) in [5.74, 6) is 0.236. The summed E-state index contributed by atoms with van der Waals surface area (Å²) >= 11 is 3.41. The van der Waals surface area contributed by atoms with Crippen LogP contribution in [0.15, 0.2) is 27.9 Å². The number of halogens is 1. The highest BCUT2D eigenvalue weighted by Crippen LogP contribution is 2.40. The lowest BCUT2D eigenvalue weighted by Crippen LogP contribution is -2.46. The summed E-state index contributed by atoms with van der Waals surface area (Å²) in [6, 6.07) is 4.16. The third kappa shape index (κ3) is 4.75. The van der Waals surface area contributed by atoms with Crippen molar-refractivity contribution in [2.24, 2.45) is 0 Å². The number of ether oxygens (including phenoxy) is 3. The molecule has 0 aliphatic carbocycles. The highest BCUT2D eigenvalue weighted by atomic mass is 79.9. The second-order valence-electron chi connectivity index (χ2n) is 5.88. The minimum atomic E-state index is -0.718. The minimum absolute atomic E-state index is 0.146. The van der Waals surface area contributed by atoms with Gasteiger partial charge in [-0.05, 0) is 47.0 Å². The van der Waals surface area contributed by atoms with E-state index in [1.54, 1.807) is 19.1 Å². The normalized spacial score (nSPS) is 16.0. The Morgan fingerprint density at radius 2 is 2.11 bits per heavy atom. The fourth-order valence-corrected chi connectivity index (χ4v) is 3.49. The quantitative estimate of drug-likeness (QED) is 0.586. The number of carbonyl (C=O) groups is 2. The highest BCUT2D eigenvalue weighted by Gasteiger charge is 2.34. The van der Waals surface area contributed by atoms with Crippen LogP contribution in [0.1, 0.15) is 38.3 Å². The van der Waals surface area contributed by atoms with Crippen molar-refractivity contribution in [3.05, 3.63) is 33.4 Å². The van der Waals surface area contributed by atoms with Crippen LogP contribution in [0.25, 0.3) is 0 Å². The van der Waals surface area contributed by atoms with Crippen molar-refractivity contribution in [2.45, 2.75) is 32.7 Å². The van der Waals surface area contributed by atoms with Gasteiger partial charge < -0.3 is 24.8 Å². The Morgan fingerprint density at radius 3 is 2.71 bits per heavy atom. The Balaban J connectivity index is 2.57. The van der Waals surface area contributed by atoms with Crippen LogP contribution in [-0.2, 0) is 9.53 Å². The average molecular weight is 452 g/mol. The summed E-state index contributed by atoms with van der Waals surface area (Å²) in [6.07, 6.45) is 1.28. The number of allylic oxidation sites excluding steroid dienone is 1. The fraction of sp³-hybridized carbons (Fsp3) is 0.421. The van der Waals surface area contributed by atoms with Crippen molar-refractivity contribution in [3.8, 4) is 17.6 Å². The van der Waals surface area contributed by atoms with Crippen LogP contribution in [0, 0.1) is 11.3 Å². The standard InChI is InChI=1S/C19H22BrN3O5/c1-4-6-13-15(18(24)27-5-2)16(23-19(25)22-13)11-9-12(20)17(28-8-7-21)14(10-11)26-3/h9-10,16H,4-6,8H2,1-3H3,(H2,22,23,25). The third-order valence-electron chi connectivity index (χ3n) is 4.02. The van der Waals surface area contributed by atoms with Gasteiger partial charge in [0, 0.05) is 5.70 Å². The molecule has 150 valence electrons. The van der Waals surface area contributed by atoms with Gasteiger partial charge in [0.2, 0.25) is 0 Å². The Hall–Kier alpha value is -2.73. The first-order valence-corrected chi connectivity index (χ1v) is 9.60. The molecular formula is C19H22BrN3O5. The van der Waals surface area contributed by atoms with Crippen molar-refractivity contribution in [2.75, 3.05) is 20.3 Å². The van der Waals surface area contributed by atoms with Crippen molar-refractivity contribution in [1.82, 2.24) is 10.6 Å². The van der Waals surface area contributed by atoms with Crippen LogP contribution < -0.4 is 20.1 Å². The van der Waals surface area contributed by atoms with E-state index in [-0.39, 0.29) is 13.2 Å². The largest absolute Gasteiger partial charge is 0.493 e. The first-order valence-electron chi connectivity index (χ1n) is 8.81. The van der Waals surface area contributed by atoms with Crippen LogP contribution >= 0.6 is 15.9 Å². The molecule has 9 heteroatoms. The molecule has 0 saturated heterocycles. The van der Waals surface area contributed by atoms with Gasteiger partial charge in [-0.15, -0.1) is 0 Å². The molecule has 0 aromatic heterocycles. The maximum atomic E-state index is 12.6. The average Bonchev–Trinajstić information content (AvgIpc) is 2.66. The zero-order valence-electron chi connectivity index (χ0n) is 15.9. The van der Waals surface area contributed by atoms with Crippen LogP contribution in [-0.4, -0.2) is 32.3 Å². The number of urea groups is 1. The molecule has 1 aliphatic rings. The molecule has 2 N–H and O–H groups in total. The molecule has 1 unspecified atom stereocenters. The number of amides is 2. The number of nitriles is 1. The lowest BCUT2D eigenvalue weighted by atomic mass is 9.93. The van der Waals surface area contributed by atoms with Gasteiger partial charge in [0.25, 0.3) is 0 Å². The molecule has 0 bridgehead atoms. The van der Waals surface area contributed by atoms with Crippen molar-refractivity contribution >= 4 is 27.9 Å². The zero-order valence-corrected chi connectivity index (χ0v) is 17.5. The van der Waals surface area contributed by atoms with Crippen molar-refractivity contribution in [3.63, 3.8) is 0 Å². The molecule has 0 fully saturated rings. The molecule has 1 heterocycles. The van der Waals surface area contributed by atoms with Crippen molar-refractivity contribution < 1.29 is 23.8 Å². The smallest absolute Gasteiger partial charge is 0.338 e. The van der Waals surface area contributed by atoms with Crippen LogP contribution in [0.4, 0.5) is 4.79 Å². The Kier molecular flexibility index (Phi) is 7.70. The molecule has 1 aliphatic heterocycles. The summed E-state index contributed by atoms with van der Waals surface area (Å²) in [6.45, 7) is 3.76. The van der Waals surface area contributed by atoms with Gasteiger partial charge in [-0.3, -0.25) is 0 Å². The molecule has 0 radical (unpaired) electrons. The maximum absolute atomic E-state index is 12.6. The number of nitrogens with zero attached hydrogens (tertiary/aromatic N) is 1. The van der Waals surface area contributed by atoms with E-state index in [4.69, 9.17) is 19.5 Å². The highest BCUT2D eigenvalue weighted by molar-refractivity contribution is 9.10. The molecule has 2 amide bonds. The monoisotopic (exact) mass is 451 g/mol. The van der Waals surface area contributed by atoms with Crippen LogP contribution in [0.2, 0.25) is 0 Å². The molecular weight excluding hydrogens is 430 g/mol. The molecule has 0 spiro atoms. The van der Waals surface area contributed by atoms with Gasteiger partial charge in [0.1, 0.15) is 6.07 Å². The summed E-state index contributed by atoms with van der Waals surface area (Å²) in [5.41, 5.74) is 1.50. The number of hydrogen-bond donors (Lipinski definition) is 2. The van der Waals surface area contributed by atoms with E-state index in [1.165, 1.54) is 7.11 Å². The molecule has 1 aromatic carbocycles. The van der Waals surface area contributed by atoms with E-state index >= 15 is 0 Å². The second kappa shape index (κ2) is 9.99. The molecule has 28 heavy (non-hydrogen) atoms. The number of carbonyl (C=O) groups excluding carboxylic acids is 2. The summed E-state index contributed by atoms with van der Waals surface area (Å²) in [7, 11) is 1.47. The van der Waals surface area contributed by atoms with Gasteiger partial charge in [0.15, 0.2) is 18.1 Å². The Labute approximate surface area is 172 Å². The Morgan fingerprint density at radius 1 is 1.36 bits per heavy atom. The summed E-state index contributed by atoms with van der Waals surface area (Å²) in [4.78, 5) is 24.8. The minimum Gasteiger partial charge on any atom is -0.493 e. The molecule has 1 atom stereocenters. The van der Waals surface area contributed by atoms with E-state index in [0.29, 0.717) is 39.2 Å². The summed E-state index contributed by atoms with van der Waals surface area (Å²) in [5, 5.41) is 14.2. The molecule has 2 rings (SSSR count). The first kappa shape index (κ1) is 21.6. The SMILES string of the molecule is CCCC1=C(C(=O)OCC)C(c2cc(Br)c(OCC#N)c(OC)c2)NC(=O)N1. The fourth-order valence-electron chi connectivity index (χ4n) is 2.92. The van der Waals surface area contributed by atoms with Gasteiger partial charge in [-0.1, -0.05) is 13.3 Å². The van der Waals surface area contributed by atoms with Gasteiger partial charge in [-0.25, -0.2) is 9.59 Å². The van der Waals surface area contributed by atoms with Crippen LogP contribution in [0.3, 0.4) is 0 Å². The van der Waals surface area contributed by atoms with Gasteiger partial charge in [0.05, 0.1) is 29.8 Å². The third-order valence-corrected chi connectivity index (χ3v) is 4.60.